The molecule has 3 nitrogen and oxygen atoms in total. The van der Waals surface area contributed by atoms with Crippen molar-refractivity contribution in [2.45, 2.75) is 45.2 Å². The molecule has 0 saturated heterocycles. The van der Waals surface area contributed by atoms with Crippen molar-refractivity contribution >= 4 is 17.7 Å². The normalized spacial score (nSPS) is 14.9. The second-order valence-corrected chi connectivity index (χ2v) is 4.75. The van der Waals surface area contributed by atoms with Crippen LogP contribution < -0.4 is 11.1 Å². The maximum absolute atomic E-state index is 11.3. The van der Waals surface area contributed by atoms with Crippen LogP contribution in [0.2, 0.25) is 0 Å². The van der Waals surface area contributed by atoms with Gasteiger partial charge in [0.05, 0.1) is 0 Å². The molecule has 0 aromatic rings. The summed E-state index contributed by atoms with van der Waals surface area (Å²) in [5, 5.41) is 2.96. The second kappa shape index (κ2) is 8.12. The number of nitrogens with one attached hydrogen (secondary N) is 1. The van der Waals surface area contributed by atoms with Crippen molar-refractivity contribution in [3.05, 3.63) is 0 Å². The summed E-state index contributed by atoms with van der Waals surface area (Å²) in [4.78, 5) is 11.3. The van der Waals surface area contributed by atoms with Crippen LogP contribution in [0.5, 0.6) is 0 Å². The molecule has 0 saturated carbocycles. The Hall–Kier alpha value is -0.220. The van der Waals surface area contributed by atoms with Crippen molar-refractivity contribution in [1.29, 1.82) is 0 Å². The molecule has 2 unspecified atom stereocenters. The van der Waals surface area contributed by atoms with Gasteiger partial charge < -0.3 is 11.1 Å². The van der Waals surface area contributed by atoms with Gasteiger partial charge in [-0.1, -0.05) is 0 Å². The second-order valence-electron chi connectivity index (χ2n) is 3.77. The monoisotopic (exact) mass is 218 g/mol. The van der Waals surface area contributed by atoms with E-state index in [9.17, 15) is 4.79 Å². The molecule has 0 spiro atoms. The first-order chi connectivity index (χ1) is 6.56. The number of amides is 1. The highest BCUT2D eigenvalue weighted by Gasteiger charge is 2.07. The van der Waals surface area contributed by atoms with E-state index in [4.69, 9.17) is 5.73 Å². The van der Waals surface area contributed by atoms with E-state index in [1.807, 2.05) is 13.8 Å². The Bertz CT molecular complexity index is 162. The van der Waals surface area contributed by atoms with E-state index in [1.54, 1.807) is 11.8 Å². The van der Waals surface area contributed by atoms with Crippen molar-refractivity contribution < 1.29 is 4.79 Å². The van der Waals surface area contributed by atoms with E-state index in [2.05, 4.69) is 11.6 Å². The molecule has 0 aliphatic carbocycles. The number of carbonyl (C=O) groups excluding carboxylic acids is 1. The van der Waals surface area contributed by atoms with E-state index in [1.165, 1.54) is 0 Å². The topological polar surface area (TPSA) is 55.1 Å². The summed E-state index contributed by atoms with van der Waals surface area (Å²) < 4.78 is 0. The van der Waals surface area contributed by atoms with Crippen LogP contribution in [-0.2, 0) is 4.79 Å². The van der Waals surface area contributed by atoms with Crippen molar-refractivity contribution in [3.8, 4) is 0 Å². The minimum Gasteiger partial charge on any atom is -0.354 e. The summed E-state index contributed by atoms with van der Waals surface area (Å²) in [5.74, 6) is 1.21. The van der Waals surface area contributed by atoms with Gasteiger partial charge in [0.2, 0.25) is 5.91 Å². The van der Waals surface area contributed by atoms with E-state index in [0.29, 0.717) is 6.42 Å². The molecule has 0 aromatic carbocycles. The van der Waals surface area contributed by atoms with Gasteiger partial charge >= 0.3 is 0 Å². The van der Waals surface area contributed by atoms with Crippen LogP contribution in [0.4, 0.5) is 0 Å². The van der Waals surface area contributed by atoms with Gasteiger partial charge in [-0.2, -0.15) is 11.8 Å². The average Bonchev–Trinajstić information content (AvgIpc) is 2.11. The Morgan fingerprint density at radius 1 is 1.43 bits per heavy atom. The molecule has 0 bridgehead atoms. The van der Waals surface area contributed by atoms with Crippen LogP contribution in [0.25, 0.3) is 0 Å². The highest BCUT2D eigenvalue weighted by molar-refractivity contribution is 7.98. The molecule has 0 heterocycles. The van der Waals surface area contributed by atoms with Gasteiger partial charge in [0, 0.05) is 18.5 Å². The Morgan fingerprint density at radius 3 is 2.57 bits per heavy atom. The summed E-state index contributed by atoms with van der Waals surface area (Å²) in [6, 6.07) is 0.394. The fraction of sp³-hybridized carbons (Fsp3) is 0.900. The summed E-state index contributed by atoms with van der Waals surface area (Å²) in [5.41, 5.74) is 5.57. The van der Waals surface area contributed by atoms with E-state index < -0.39 is 0 Å². The molecular weight excluding hydrogens is 196 g/mol. The predicted octanol–water partition coefficient (Wildman–Crippen LogP) is 1.37. The molecule has 0 rings (SSSR count). The number of hydrogen-bond donors (Lipinski definition) is 2. The minimum atomic E-state index is 0.113. The Labute approximate surface area is 91.2 Å². The zero-order valence-corrected chi connectivity index (χ0v) is 10.2. The van der Waals surface area contributed by atoms with Gasteiger partial charge in [-0.25, -0.2) is 0 Å². The zero-order chi connectivity index (χ0) is 11.0. The van der Waals surface area contributed by atoms with Crippen molar-refractivity contribution in [2.24, 2.45) is 5.73 Å². The highest BCUT2D eigenvalue weighted by Crippen LogP contribution is 2.01. The molecule has 0 aromatic heterocycles. The molecule has 3 N–H and O–H groups in total. The SMILES string of the molecule is CSCCC(C)NC(=O)CCC(C)N. The number of nitrogens with two attached hydrogens (primary N) is 1. The van der Waals surface area contributed by atoms with E-state index in [0.717, 1.165) is 18.6 Å². The van der Waals surface area contributed by atoms with Crippen LogP contribution in [0.3, 0.4) is 0 Å². The van der Waals surface area contributed by atoms with E-state index >= 15 is 0 Å². The number of carbonyl (C=O) groups is 1. The Kier molecular flexibility index (Phi) is 7.99. The number of thioether (sulfide) groups is 1. The maximum atomic E-state index is 11.3. The Morgan fingerprint density at radius 2 is 2.07 bits per heavy atom. The lowest BCUT2D eigenvalue weighted by Gasteiger charge is -2.13. The third kappa shape index (κ3) is 8.38. The molecule has 4 heteroatoms. The van der Waals surface area contributed by atoms with E-state index in [-0.39, 0.29) is 18.0 Å². The smallest absolute Gasteiger partial charge is 0.220 e. The van der Waals surface area contributed by atoms with Crippen molar-refractivity contribution in [3.63, 3.8) is 0 Å². The first kappa shape index (κ1) is 13.8. The fourth-order valence-electron chi connectivity index (χ4n) is 1.07. The number of rotatable bonds is 7. The fourth-order valence-corrected chi connectivity index (χ4v) is 1.66. The molecule has 0 radical (unpaired) electrons. The first-order valence-corrected chi connectivity index (χ1v) is 6.49. The molecule has 0 aliphatic rings. The van der Waals surface area contributed by atoms with Crippen LogP contribution in [0.15, 0.2) is 0 Å². The number of hydrogen-bond acceptors (Lipinski definition) is 3. The molecular formula is C10H22N2OS. The lowest BCUT2D eigenvalue weighted by molar-refractivity contribution is -0.121. The van der Waals surface area contributed by atoms with Crippen molar-refractivity contribution in [1.82, 2.24) is 5.32 Å². The largest absolute Gasteiger partial charge is 0.354 e. The lowest BCUT2D eigenvalue weighted by Crippen LogP contribution is -2.33. The lowest BCUT2D eigenvalue weighted by atomic mass is 10.2. The summed E-state index contributed by atoms with van der Waals surface area (Å²) in [6.07, 6.45) is 4.41. The molecule has 2 atom stereocenters. The summed E-state index contributed by atoms with van der Waals surface area (Å²) in [6.45, 7) is 3.96. The van der Waals surface area contributed by atoms with Crippen LogP contribution in [0, 0.1) is 0 Å². The van der Waals surface area contributed by atoms with Crippen LogP contribution >= 0.6 is 11.8 Å². The molecule has 0 aliphatic heterocycles. The van der Waals surface area contributed by atoms with Crippen LogP contribution in [-0.4, -0.2) is 30.0 Å². The van der Waals surface area contributed by atoms with Gasteiger partial charge in [0.25, 0.3) is 0 Å². The molecule has 84 valence electrons. The van der Waals surface area contributed by atoms with Gasteiger partial charge in [-0.05, 0) is 38.7 Å². The molecule has 1 amide bonds. The van der Waals surface area contributed by atoms with Crippen molar-refractivity contribution in [2.75, 3.05) is 12.0 Å². The average molecular weight is 218 g/mol. The third-order valence-corrected chi connectivity index (χ3v) is 2.63. The quantitative estimate of drug-likeness (QED) is 0.678. The maximum Gasteiger partial charge on any atom is 0.220 e. The highest BCUT2D eigenvalue weighted by atomic mass is 32.2. The van der Waals surface area contributed by atoms with Gasteiger partial charge in [0.15, 0.2) is 0 Å². The minimum absolute atomic E-state index is 0.113. The molecule has 14 heavy (non-hydrogen) atoms. The predicted molar refractivity (Wildman–Crippen MR) is 63.5 cm³/mol. The van der Waals surface area contributed by atoms with Gasteiger partial charge in [-0.15, -0.1) is 0 Å². The standard InChI is InChI=1S/C10H22N2OS/c1-8(11)4-5-10(13)12-9(2)6-7-14-3/h8-9H,4-7,11H2,1-3H3,(H,12,13). The summed E-state index contributed by atoms with van der Waals surface area (Å²) >= 11 is 1.80. The van der Waals surface area contributed by atoms with Crippen LogP contribution in [0.1, 0.15) is 33.1 Å². The van der Waals surface area contributed by atoms with Gasteiger partial charge in [-0.3, -0.25) is 4.79 Å². The Balaban J connectivity index is 3.50. The van der Waals surface area contributed by atoms with Gasteiger partial charge in [0.1, 0.15) is 0 Å². The first-order valence-electron chi connectivity index (χ1n) is 5.10. The summed E-state index contributed by atoms with van der Waals surface area (Å²) in [7, 11) is 0. The zero-order valence-electron chi connectivity index (χ0n) is 9.38. The third-order valence-electron chi connectivity index (χ3n) is 1.99. The molecule has 0 fully saturated rings.